The van der Waals surface area contributed by atoms with Crippen molar-refractivity contribution in [3.63, 3.8) is 0 Å². The number of alkyl halides is 3. The van der Waals surface area contributed by atoms with Crippen LogP contribution in [0.2, 0.25) is 0 Å². The van der Waals surface area contributed by atoms with E-state index in [1.165, 1.54) is 17.4 Å². The standard InChI is InChI=1S/C18H16F3N3O3S/c1-10-9-23-16(28-10)12-4-11(8-22)5-14(6-12)27-13-2-3-24(17(25)26)15(7-13)18(19,20)21/h4-6,9,13,15H,2-3,7H2,1H3,(H,25,26). The second-order valence-corrected chi connectivity index (χ2v) is 7.67. The lowest BCUT2D eigenvalue weighted by molar-refractivity contribution is -0.191. The first-order valence-corrected chi connectivity index (χ1v) is 9.20. The minimum absolute atomic E-state index is 0.126. The van der Waals surface area contributed by atoms with Crippen LogP contribution in [0.25, 0.3) is 10.6 Å². The highest BCUT2D eigenvalue weighted by Gasteiger charge is 2.49. The summed E-state index contributed by atoms with van der Waals surface area (Å²) in [5, 5.41) is 18.9. The maximum atomic E-state index is 13.3. The molecule has 0 bridgehead atoms. The Morgan fingerprint density at radius 3 is 2.75 bits per heavy atom. The molecule has 3 rings (SSSR count). The van der Waals surface area contributed by atoms with E-state index in [-0.39, 0.29) is 18.7 Å². The molecule has 1 amide bonds. The Hall–Kier alpha value is -2.80. The Morgan fingerprint density at radius 2 is 2.18 bits per heavy atom. The fourth-order valence-corrected chi connectivity index (χ4v) is 3.87. The van der Waals surface area contributed by atoms with E-state index < -0.39 is 30.8 Å². The van der Waals surface area contributed by atoms with Gasteiger partial charge in [0.25, 0.3) is 0 Å². The molecule has 1 aromatic carbocycles. The first kappa shape index (κ1) is 19.9. The molecule has 1 saturated heterocycles. The summed E-state index contributed by atoms with van der Waals surface area (Å²) in [6, 6.07) is 4.61. The highest BCUT2D eigenvalue weighted by atomic mass is 32.1. The van der Waals surface area contributed by atoms with Gasteiger partial charge in [-0.25, -0.2) is 9.78 Å². The molecule has 2 heterocycles. The second kappa shape index (κ2) is 7.67. The average molecular weight is 411 g/mol. The summed E-state index contributed by atoms with van der Waals surface area (Å²) < 4.78 is 45.5. The fourth-order valence-electron chi connectivity index (χ4n) is 3.12. The molecule has 2 unspecified atom stereocenters. The molecule has 1 aliphatic rings. The van der Waals surface area contributed by atoms with Gasteiger partial charge in [0, 0.05) is 36.0 Å². The van der Waals surface area contributed by atoms with Crippen LogP contribution in [0.3, 0.4) is 0 Å². The first-order chi connectivity index (χ1) is 13.2. The maximum Gasteiger partial charge on any atom is 0.409 e. The van der Waals surface area contributed by atoms with Crippen molar-refractivity contribution >= 4 is 17.4 Å². The summed E-state index contributed by atoms with van der Waals surface area (Å²) in [6.45, 7) is 1.61. The summed E-state index contributed by atoms with van der Waals surface area (Å²) in [4.78, 5) is 16.7. The summed E-state index contributed by atoms with van der Waals surface area (Å²) in [5.41, 5.74) is 0.943. The van der Waals surface area contributed by atoms with Gasteiger partial charge in [-0.2, -0.15) is 18.4 Å². The number of aromatic nitrogens is 1. The molecule has 2 aromatic rings. The number of likely N-dealkylation sites (tertiary alicyclic amines) is 1. The minimum atomic E-state index is -4.68. The molecule has 0 aliphatic carbocycles. The summed E-state index contributed by atoms with van der Waals surface area (Å²) >= 11 is 1.43. The summed E-state index contributed by atoms with van der Waals surface area (Å²) in [5.74, 6) is 0.261. The number of benzene rings is 1. The second-order valence-electron chi connectivity index (χ2n) is 6.43. The molecule has 1 aromatic heterocycles. The van der Waals surface area contributed by atoms with Gasteiger partial charge in [-0.3, -0.25) is 4.90 Å². The summed E-state index contributed by atoms with van der Waals surface area (Å²) in [6.07, 6.45) is -5.79. The largest absolute Gasteiger partial charge is 0.490 e. The molecule has 1 N–H and O–H groups in total. The van der Waals surface area contributed by atoms with Gasteiger partial charge in [0.2, 0.25) is 0 Å². The van der Waals surface area contributed by atoms with Crippen LogP contribution in [0.4, 0.5) is 18.0 Å². The van der Waals surface area contributed by atoms with Gasteiger partial charge in [-0.05, 0) is 25.1 Å². The zero-order valence-electron chi connectivity index (χ0n) is 14.7. The number of nitrogens with zero attached hydrogens (tertiary/aromatic N) is 3. The first-order valence-electron chi connectivity index (χ1n) is 8.38. The van der Waals surface area contributed by atoms with E-state index in [0.717, 1.165) is 4.88 Å². The van der Waals surface area contributed by atoms with Crippen molar-refractivity contribution in [3.8, 4) is 22.4 Å². The fraction of sp³-hybridized carbons (Fsp3) is 0.389. The van der Waals surface area contributed by atoms with Crippen LogP contribution in [-0.2, 0) is 0 Å². The Labute approximate surface area is 162 Å². The number of amides is 1. The van der Waals surface area contributed by atoms with Gasteiger partial charge < -0.3 is 9.84 Å². The Kier molecular flexibility index (Phi) is 5.47. The van der Waals surface area contributed by atoms with Crippen molar-refractivity contribution in [2.45, 2.75) is 38.1 Å². The van der Waals surface area contributed by atoms with E-state index in [1.54, 1.807) is 18.3 Å². The normalized spacial score (nSPS) is 19.9. The molecule has 148 valence electrons. The molecular weight excluding hydrogens is 395 g/mol. The molecule has 2 atom stereocenters. The van der Waals surface area contributed by atoms with Crippen molar-refractivity contribution in [3.05, 3.63) is 34.8 Å². The highest BCUT2D eigenvalue weighted by molar-refractivity contribution is 7.14. The predicted octanol–water partition coefficient (Wildman–Crippen LogP) is 4.44. The molecule has 1 aliphatic heterocycles. The number of ether oxygens (including phenoxy) is 1. The van der Waals surface area contributed by atoms with E-state index in [2.05, 4.69) is 4.98 Å². The molecular formula is C18H16F3N3O3S. The van der Waals surface area contributed by atoms with Gasteiger partial charge in [-0.1, -0.05) is 0 Å². The molecule has 0 radical (unpaired) electrons. The van der Waals surface area contributed by atoms with Crippen LogP contribution in [0, 0.1) is 18.3 Å². The zero-order chi connectivity index (χ0) is 20.5. The van der Waals surface area contributed by atoms with Crippen LogP contribution in [-0.4, -0.2) is 46.0 Å². The lowest BCUT2D eigenvalue weighted by atomic mass is 9.99. The van der Waals surface area contributed by atoms with Crippen LogP contribution >= 0.6 is 11.3 Å². The van der Waals surface area contributed by atoms with Gasteiger partial charge in [0.15, 0.2) is 0 Å². The predicted molar refractivity (Wildman–Crippen MR) is 95.2 cm³/mol. The summed E-state index contributed by atoms with van der Waals surface area (Å²) in [7, 11) is 0. The van der Waals surface area contributed by atoms with Crippen LogP contribution in [0.1, 0.15) is 23.3 Å². The quantitative estimate of drug-likeness (QED) is 0.807. The third kappa shape index (κ3) is 4.36. The number of piperidine rings is 1. The van der Waals surface area contributed by atoms with E-state index in [9.17, 15) is 23.2 Å². The highest BCUT2D eigenvalue weighted by Crippen LogP contribution is 2.35. The molecule has 0 saturated carbocycles. The minimum Gasteiger partial charge on any atom is -0.490 e. The van der Waals surface area contributed by atoms with Crippen LogP contribution < -0.4 is 4.74 Å². The lowest BCUT2D eigenvalue weighted by Gasteiger charge is -2.38. The average Bonchev–Trinajstić information content (AvgIpc) is 3.07. The third-order valence-electron chi connectivity index (χ3n) is 4.38. The van der Waals surface area contributed by atoms with Gasteiger partial charge in [0.05, 0.1) is 11.6 Å². The van der Waals surface area contributed by atoms with Gasteiger partial charge in [-0.15, -0.1) is 11.3 Å². The maximum absolute atomic E-state index is 13.3. The molecule has 0 spiro atoms. The molecule has 1 fully saturated rings. The van der Waals surface area contributed by atoms with Crippen LogP contribution in [0.5, 0.6) is 5.75 Å². The van der Waals surface area contributed by atoms with Gasteiger partial charge in [0.1, 0.15) is 22.9 Å². The van der Waals surface area contributed by atoms with Gasteiger partial charge >= 0.3 is 12.3 Å². The monoisotopic (exact) mass is 411 g/mol. The van der Waals surface area contributed by atoms with Crippen molar-refractivity contribution in [1.82, 2.24) is 9.88 Å². The zero-order valence-corrected chi connectivity index (χ0v) is 15.5. The van der Waals surface area contributed by atoms with Crippen molar-refractivity contribution in [2.75, 3.05) is 6.54 Å². The number of halogens is 3. The SMILES string of the molecule is Cc1cnc(-c2cc(C#N)cc(OC3CCN(C(=O)O)C(C(F)(F)F)C3)c2)s1. The number of hydrogen-bond acceptors (Lipinski definition) is 5. The molecule has 28 heavy (non-hydrogen) atoms. The Bertz CT molecular complexity index is 923. The third-order valence-corrected chi connectivity index (χ3v) is 5.35. The van der Waals surface area contributed by atoms with E-state index >= 15 is 0 Å². The van der Waals surface area contributed by atoms with E-state index in [0.29, 0.717) is 21.0 Å². The number of thiazole rings is 1. The van der Waals surface area contributed by atoms with Crippen molar-refractivity contribution in [2.24, 2.45) is 0 Å². The van der Waals surface area contributed by atoms with Crippen molar-refractivity contribution < 1.29 is 27.8 Å². The lowest BCUT2D eigenvalue weighted by Crippen LogP contribution is -2.54. The number of carboxylic acid groups (broad SMARTS) is 1. The number of carbonyl (C=O) groups is 1. The number of hydrogen-bond donors (Lipinski definition) is 1. The van der Waals surface area contributed by atoms with Crippen LogP contribution in [0.15, 0.2) is 24.4 Å². The Morgan fingerprint density at radius 1 is 1.43 bits per heavy atom. The number of aryl methyl sites for hydroxylation is 1. The molecule has 10 heteroatoms. The number of rotatable bonds is 3. The van der Waals surface area contributed by atoms with E-state index in [4.69, 9.17) is 9.84 Å². The van der Waals surface area contributed by atoms with Crippen molar-refractivity contribution in [1.29, 1.82) is 5.26 Å². The van der Waals surface area contributed by atoms with E-state index in [1.807, 2.05) is 13.0 Å². The Balaban J connectivity index is 1.83. The topological polar surface area (TPSA) is 86.5 Å². The molecule has 6 nitrogen and oxygen atoms in total. The number of nitriles is 1. The smallest absolute Gasteiger partial charge is 0.409 e.